The largest absolute Gasteiger partial charge is 0.362 e. The van der Waals surface area contributed by atoms with Gasteiger partial charge in [0.25, 0.3) is 0 Å². The molecule has 0 radical (unpaired) electrons. The van der Waals surface area contributed by atoms with E-state index in [0.29, 0.717) is 11.8 Å². The average Bonchev–Trinajstić information content (AvgIpc) is 1.94. The molecule has 1 heterocycles. The van der Waals surface area contributed by atoms with Gasteiger partial charge in [0.15, 0.2) is 0 Å². The summed E-state index contributed by atoms with van der Waals surface area (Å²) in [6, 6.07) is 0. The predicted octanol–water partition coefficient (Wildman–Crippen LogP) is 2.63. The van der Waals surface area contributed by atoms with Crippen molar-refractivity contribution < 1.29 is 4.74 Å². The van der Waals surface area contributed by atoms with E-state index < -0.39 is 0 Å². The molecule has 3 atom stereocenters. The van der Waals surface area contributed by atoms with Crippen LogP contribution in [0.5, 0.6) is 0 Å². The lowest BCUT2D eigenvalue weighted by Crippen LogP contribution is -2.29. The van der Waals surface area contributed by atoms with Crippen molar-refractivity contribution in [1.29, 1.82) is 0 Å². The Labute approximate surface area is 67.7 Å². The highest BCUT2D eigenvalue weighted by Gasteiger charge is 2.25. The SMILES string of the molecule is CCC1CC(C)COC1Cl. The van der Waals surface area contributed by atoms with Crippen molar-refractivity contribution in [3.63, 3.8) is 0 Å². The van der Waals surface area contributed by atoms with Crippen LogP contribution in [0.2, 0.25) is 0 Å². The van der Waals surface area contributed by atoms with E-state index in [0.717, 1.165) is 13.0 Å². The third-order valence-electron chi connectivity index (χ3n) is 2.14. The lowest BCUT2D eigenvalue weighted by atomic mass is 9.92. The first-order chi connectivity index (χ1) is 4.74. The first-order valence-electron chi connectivity index (χ1n) is 3.99. The summed E-state index contributed by atoms with van der Waals surface area (Å²) in [6.07, 6.45) is 2.36. The molecule has 1 aliphatic heterocycles. The van der Waals surface area contributed by atoms with Crippen molar-refractivity contribution in [2.45, 2.75) is 32.3 Å². The molecule has 2 heteroatoms. The van der Waals surface area contributed by atoms with Crippen molar-refractivity contribution >= 4 is 11.6 Å². The van der Waals surface area contributed by atoms with Crippen LogP contribution in [0, 0.1) is 11.8 Å². The Morgan fingerprint density at radius 1 is 1.60 bits per heavy atom. The number of ether oxygens (including phenoxy) is 1. The number of halogens is 1. The lowest BCUT2D eigenvalue weighted by molar-refractivity contribution is -0.00669. The van der Waals surface area contributed by atoms with E-state index in [1.807, 2.05) is 0 Å². The molecule has 0 spiro atoms. The minimum absolute atomic E-state index is 0.0267. The fourth-order valence-corrected chi connectivity index (χ4v) is 1.79. The maximum Gasteiger partial charge on any atom is 0.133 e. The summed E-state index contributed by atoms with van der Waals surface area (Å²) in [5.41, 5.74) is -0.0267. The lowest BCUT2D eigenvalue weighted by Gasteiger charge is -2.30. The van der Waals surface area contributed by atoms with E-state index in [4.69, 9.17) is 16.3 Å². The Bertz CT molecular complexity index is 105. The van der Waals surface area contributed by atoms with Crippen LogP contribution in [0.1, 0.15) is 26.7 Å². The van der Waals surface area contributed by atoms with Crippen LogP contribution in [0.15, 0.2) is 0 Å². The standard InChI is InChI=1S/C8H15ClO/c1-3-7-4-6(2)5-10-8(7)9/h6-8H,3-5H2,1-2H3. The molecule has 60 valence electrons. The zero-order chi connectivity index (χ0) is 7.56. The van der Waals surface area contributed by atoms with Crippen LogP contribution < -0.4 is 0 Å². The van der Waals surface area contributed by atoms with Gasteiger partial charge in [0.05, 0.1) is 6.61 Å². The van der Waals surface area contributed by atoms with Gasteiger partial charge in [0.2, 0.25) is 0 Å². The molecule has 0 aromatic carbocycles. The fraction of sp³-hybridized carbons (Fsp3) is 1.00. The van der Waals surface area contributed by atoms with Gasteiger partial charge in [0, 0.05) is 0 Å². The molecule has 1 fully saturated rings. The number of hydrogen-bond donors (Lipinski definition) is 0. The molecular formula is C8H15ClO. The summed E-state index contributed by atoms with van der Waals surface area (Å²) in [5, 5.41) is 0. The molecule has 1 rings (SSSR count). The van der Waals surface area contributed by atoms with Crippen LogP contribution in [0.3, 0.4) is 0 Å². The molecule has 0 amide bonds. The third kappa shape index (κ3) is 1.86. The minimum Gasteiger partial charge on any atom is -0.362 e. The van der Waals surface area contributed by atoms with Crippen molar-refractivity contribution in [3.8, 4) is 0 Å². The highest BCUT2D eigenvalue weighted by molar-refractivity contribution is 6.19. The molecular weight excluding hydrogens is 148 g/mol. The summed E-state index contributed by atoms with van der Waals surface area (Å²) in [4.78, 5) is 0. The minimum atomic E-state index is -0.0267. The van der Waals surface area contributed by atoms with Crippen molar-refractivity contribution in [2.24, 2.45) is 11.8 Å². The average molecular weight is 163 g/mol. The van der Waals surface area contributed by atoms with Crippen molar-refractivity contribution in [3.05, 3.63) is 0 Å². The van der Waals surface area contributed by atoms with Gasteiger partial charge in [0.1, 0.15) is 5.56 Å². The Kier molecular flexibility index (Phi) is 2.99. The molecule has 1 nitrogen and oxygen atoms in total. The van der Waals surface area contributed by atoms with E-state index in [2.05, 4.69) is 13.8 Å². The summed E-state index contributed by atoms with van der Waals surface area (Å²) in [6.45, 7) is 5.22. The molecule has 0 saturated carbocycles. The van der Waals surface area contributed by atoms with E-state index in [1.54, 1.807) is 0 Å². The molecule has 0 bridgehead atoms. The Balaban J connectivity index is 2.38. The van der Waals surface area contributed by atoms with E-state index >= 15 is 0 Å². The summed E-state index contributed by atoms with van der Waals surface area (Å²) < 4.78 is 5.36. The second-order valence-electron chi connectivity index (χ2n) is 3.19. The van der Waals surface area contributed by atoms with Gasteiger partial charge >= 0.3 is 0 Å². The van der Waals surface area contributed by atoms with E-state index in [-0.39, 0.29) is 5.56 Å². The predicted molar refractivity (Wildman–Crippen MR) is 43.2 cm³/mol. The Morgan fingerprint density at radius 3 is 2.80 bits per heavy atom. The molecule has 10 heavy (non-hydrogen) atoms. The van der Waals surface area contributed by atoms with Gasteiger partial charge in [-0.05, 0) is 24.7 Å². The summed E-state index contributed by atoms with van der Waals surface area (Å²) in [5.74, 6) is 1.27. The van der Waals surface area contributed by atoms with Crippen LogP contribution in [-0.4, -0.2) is 12.2 Å². The fourth-order valence-electron chi connectivity index (χ4n) is 1.44. The van der Waals surface area contributed by atoms with Crippen molar-refractivity contribution in [1.82, 2.24) is 0 Å². The van der Waals surface area contributed by atoms with E-state index in [9.17, 15) is 0 Å². The van der Waals surface area contributed by atoms with Crippen molar-refractivity contribution in [2.75, 3.05) is 6.61 Å². The Morgan fingerprint density at radius 2 is 2.30 bits per heavy atom. The molecule has 1 aliphatic rings. The smallest absolute Gasteiger partial charge is 0.133 e. The highest BCUT2D eigenvalue weighted by atomic mass is 35.5. The van der Waals surface area contributed by atoms with Gasteiger partial charge in [-0.25, -0.2) is 0 Å². The van der Waals surface area contributed by atoms with E-state index in [1.165, 1.54) is 6.42 Å². The first kappa shape index (κ1) is 8.35. The topological polar surface area (TPSA) is 9.23 Å². The van der Waals surface area contributed by atoms with Crippen LogP contribution in [0.4, 0.5) is 0 Å². The first-order valence-corrected chi connectivity index (χ1v) is 4.43. The molecule has 3 unspecified atom stereocenters. The quantitative estimate of drug-likeness (QED) is 0.539. The Hall–Kier alpha value is 0.250. The molecule has 0 aromatic rings. The number of hydrogen-bond acceptors (Lipinski definition) is 1. The maximum atomic E-state index is 5.93. The van der Waals surface area contributed by atoms with Gasteiger partial charge in [-0.15, -0.1) is 0 Å². The monoisotopic (exact) mass is 162 g/mol. The number of alkyl halides is 1. The van der Waals surface area contributed by atoms with Crippen LogP contribution in [-0.2, 0) is 4.74 Å². The second-order valence-corrected chi connectivity index (χ2v) is 3.62. The third-order valence-corrected chi connectivity index (χ3v) is 2.62. The van der Waals surface area contributed by atoms with Gasteiger partial charge in [-0.3, -0.25) is 0 Å². The number of rotatable bonds is 1. The zero-order valence-corrected chi connectivity index (χ0v) is 7.40. The second kappa shape index (κ2) is 3.59. The zero-order valence-electron chi connectivity index (χ0n) is 6.64. The van der Waals surface area contributed by atoms with Crippen LogP contribution >= 0.6 is 11.6 Å². The maximum absolute atomic E-state index is 5.93. The summed E-state index contributed by atoms with van der Waals surface area (Å²) in [7, 11) is 0. The molecule has 1 saturated heterocycles. The highest BCUT2D eigenvalue weighted by Crippen LogP contribution is 2.29. The molecule has 0 N–H and O–H groups in total. The van der Waals surface area contributed by atoms with Crippen LogP contribution in [0.25, 0.3) is 0 Å². The molecule has 0 aromatic heterocycles. The summed E-state index contributed by atoms with van der Waals surface area (Å²) >= 11 is 5.93. The van der Waals surface area contributed by atoms with Gasteiger partial charge < -0.3 is 4.74 Å². The normalized spacial score (nSPS) is 41.7. The van der Waals surface area contributed by atoms with Gasteiger partial charge in [-0.1, -0.05) is 25.4 Å². The van der Waals surface area contributed by atoms with Gasteiger partial charge in [-0.2, -0.15) is 0 Å². The molecule has 0 aliphatic carbocycles.